The molecule has 1 aliphatic carbocycles. The summed E-state index contributed by atoms with van der Waals surface area (Å²) in [7, 11) is 1.62. The fourth-order valence-corrected chi connectivity index (χ4v) is 3.44. The maximum Gasteiger partial charge on any atom is 0.573 e. The molecule has 1 aliphatic rings. The first kappa shape index (κ1) is 25.2. The molecule has 1 heterocycles. The van der Waals surface area contributed by atoms with Crippen molar-refractivity contribution in [1.29, 1.82) is 0 Å². The van der Waals surface area contributed by atoms with E-state index in [-0.39, 0.29) is 11.7 Å². The number of methoxy groups -OCH3 is 1. The Labute approximate surface area is 196 Å². The summed E-state index contributed by atoms with van der Waals surface area (Å²) in [5, 5.41) is 6.04. The molecule has 2 N–H and O–H groups in total. The Balaban J connectivity index is 1.68. The standard InChI is InChI=1S/C24H27F3N4O3/c1-16-20(17-9-11-23(2,12-10-17)22(32)28-13-4-14-33-3)29-15-30-21(16)31-18-5-7-19(8-6-18)34-24(25,26)27/h5-11,15H,4,12-14H2,1-3H3,(H,28,32)(H,29,30,31). The van der Waals surface area contributed by atoms with E-state index < -0.39 is 11.8 Å². The number of hydrogen-bond acceptors (Lipinski definition) is 6. The van der Waals surface area contributed by atoms with Gasteiger partial charge in [0.05, 0.1) is 11.1 Å². The Morgan fingerprint density at radius 1 is 1.21 bits per heavy atom. The topological polar surface area (TPSA) is 85.4 Å². The van der Waals surface area contributed by atoms with Gasteiger partial charge >= 0.3 is 6.36 Å². The second-order valence-corrected chi connectivity index (χ2v) is 8.11. The molecule has 1 aromatic heterocycles. The second kappa shape index (κ2) is 10.7. The third-order valence-corrected chi connectivity index (χ3v) is 5.41. The van der Waals surface area contributed by atoms with E-state index in [1.165, 1.54) is 30.6 Å². The van der Waals surface area contributed by atoms with E-state index in [0.717, 1.165) is 17.6 Å². The number of nitrogens with one attached hydrogen (secondary N) is 2. The second-order valence-electron chi connectivity index (χ2n) is 8.11. The maximum atomic E-state index is 12.6. The molecule has 0 radical (unpaired) electrons. The van der Waals surface area contributed by atoms with E-state index in [0.29, 0.717) is 36.8 Å². The molecular weight excluding hydrogens is 449 g/mol. The van der Waals surface area contributed by atoms with Crippen LogP contribution in [0.4, 0.5) is 24.7 Å². The minimum atomic E-state index is -4.74. The van der Waals surface area contributed by atoms with Crippen LogP contribution in [0.2, 0.25) is 0 Å². The summed E-state index contributed by atoms with van der Waals surface area (Å²) in [6.45, 7) is 4.87. The Bertz CT molecular complexity index is 1070. The summed E-state index contributed by atoms with van der Waals surface area (Å²) in [5.41, 5.74) is 2.23. The van der Waals surface area contributed by atoms with Crippen LogP contribution in [0.15, 0.2) is 48.8 Å². The molecule has 0 aliphatic heterocycles. The van der Waals surface area contributed by atoms with E-state index in [1.54, 1.807) is 7.11 Å². The highest BCUT2D eigenvalue weighted by Crippen LogP contribution is 2.34. The van der Waals surface area contributed by atoms with Crippen LogP contribution in [-0.2, 0) is 9.53 Å². The number of rotatable bonds is 9. The molecule has 34 heavy (non-hydrogen) atoms. The van der Waals surface area contributed by atoms with Crippen LogP contribution in [0.5, 0.6) is 5.75 Å². The van der Waals surface area contributed by atoms with Gasteiger partial charge in [-0.25, -0.2) is 9.97 Å². The summed E-state index contributed by atoms with van der Waals surface area (Å²) in [6, 6.07) is 5.39. The molecule has 2 aromatic rings. The quantitative estimate of drug-likeness (QED) is 0.500. The first-order chi connectivity index (χ1) is 16.1. The number of halogens is 3. The zero-order valence-electron chi connectivity index (χ0n) is 19.2. The highest BCUT2D eigenvalue weighted by molar-refractivity contribution is 5.88. The highest BCUT2D eigenvalue weighted by atomic mass is 19.4. The Kier molecular flexibility index (Phi) is 7.93. The van der Waals surface area contributed by atoms with Crippen LogP contribution in [0.1, 0.15) is 31.0 Å². The molecule has 1 unspecified atom stereocenters. The minimum Gasteiger partial charge on any atom is -0.406 e. The van der Waals surface area contributed by atoms with Gasteiger partial charge in [0.2, 0.25) is 5.91 Å². The van der Waals surface area contributed by atoms with Gasteiger partial charge in [-0.2, -0.15) is 0 Å². The normalized spacial score (nSPS) is 17.8. The van der Waals surface area contributed by atoms with E-state index in [1.807, 2.05) is 32.1 Å². The fraction of sp³-hybridized carbons (Fsp3) is 0.375. The molecule has 0 saturated heterocycles. The van der Waals surface area contributed by atoms with E-state index in [4.69, 9.17) is 4.74 Å². The first-order valence-electron chi connectivity index (χ1n) is 10.7. The first-order valence-corrected chi connectivity index (χ1v) is 10.7. The number of amides is 1. The Hall–Kier alpha value is -3.40. The number of allylic oxidation sites excluding steroid dienone is 3. The molecular formula is C24H27F3N4O3. The molecule has 0 bridgehead atoms. The molecule has 7 nitrogen and oxygen atoms in total. The van der Waals surface area contributed by atoms with Gasteiger partial charge in [0.25, 0.3) is 0 Å². The van der Waals surface area contributed by atoms with Crippen LogP contribution < -0.4 is 15.4 Å². The number of benzene rings is 1. The highest BCUT2D eigenvalue weighted by Gasteiger charge is 2.32. The Morgan fingerprint density at radius 3 is 2.56 bits per heavy atom. The third kappa shape index (κ3) is 6.57. The predicted octanol–water partition coefficient (Wildman–Crippen LogP) is 4.93. The molecule has 1 amide bonds. The summed E-state index contributed by atoms with van der Waals surface area (Å²) in [6.07, 6.45) is 3.66. The zero-order valence-corrected chi connectivity index (χ0v) is 19.2. The van der Waals surface area contributed by atoms with Crippen LogP contribution in [0.25, 0.3) is 5.57 Å². The number of carbonyl (C=O) groups excluding carboxylic acids is 1. The van der Waals surface area contributed by atoms with Gasteiger partial charge in [0.1, 0.15) is 17.9 Å². The van der Waals surface area contributed by atoms with Crippen molar-refractivity contribution >= 4 is 23.0 Å². The van der Waals surface area contributed by atoms with E-state index >= 15 is 0 Å². The number of carbonyl (C=O) groups is 1. The number of hydrogen-bond donors (Lipinski definition) is 2. The van der Waals surface area contributed by atoms with Gasteiger partial charge in [0.15, 0.2) is 0 Å². The van der Waals surface area contributed by atoms with Gasteiger partial charge in [-0.15, -0.1) is 13.2 Å². The molecule has 182 valence electrons. The smallest absolute Gasteiger partial charge is 0.406 e. The molecule has 0 saturated carbocycles. The van der Waals surface area contributed by atoms with Crippen molar-refractivity contribution < 1.29 is 27.4 Å². The van der Waals surface area contributed by atoms with Crippen molar-refractivity contribution in [2.75, 3.05) is 25.6 Å². The average Bonchev–Trinajstić information content (AvgIpc) is 2.79. The minimum absolute atomic E-state index is 0.0464. The third-order valence-electron chi connectivity index (χ3n) is 5.41. The zero-order chi connectivity index (χ0) is 24.8. The lowest BCUT2D eigenvalue weighted by molar-refractivity contribution is -0.274. The molecule has 3 rings (SSSR count). The molecule has 0 spiro atoms. The maximum absolute atomic E-state index is 12.6. The van der Waals surface area contributed by atoms with Crippen LogP contribution in [-0.4, -0.2) is 42.5 Å². The predicted molar refractivity (Wildman–Crippen MR) is 123 cm³/mol. The van der Waals surface area contributed by atoms with Gasteiger partial charge in [0, 0.05) is 31.5 Å². The summed E-state index contributed by atoms with van der Waals surface area (Å²) < 4.78 is 45.9. The molecule has 10 heteroatoms. The van der Waals surface area contributed by atoms with E-state index in [9.17, 15) is 18.0 Å². The van der Waals surface area contributed by atoms with Crippen molar-refractivity contribution in [3.8, 4) is 5.75 Å². The lowest BCUT2D eigenvalue weighted by Crippen LogP contribution is -2.38. The monoisotopic (exact) mass is 476 g/mol. The number of alkyl halides is 3. The van der Waals surface area contributed by atoms with Crippen molar-refractivity contribution in [2.45, 2.75) is 33.1 Å². The van der Waals surface area contributed by atoms with Crippen molar-refractivity contribution in [3.05, 3.63) is 60.1 Å². The van der Waals surface area contributed by atoms with Crippen molar-refractivity contribution in [2.24, 2.45) is 5.41 Å². The van der Waals surface area contributed by atoms with Crippen LogP contribution in [0.3, 0.4) is 0 Å². The fourth-order valence-electron chi connectivity index (χ4n) is 3.44. The summed E-state index contributed by atoms with van der Waals surface area (Å²) in [5.74, 6) is 0.171. The summed E-state index contributed by atoms with van der Waals surface area (Å²) in [4.78, 5) is 21.3. The SMILES string of the molecule is COCCCNC(=O)C1(C)C=CC(c2ncnc(Nc3ccc(OC(F)(F)F)cc3)c2C)=CC1. The van der Waals surface area contributed by atoms with Crippen molar-refractivity contribution in [3.63, 3.8) is 0 Å². The number of anilines is 2. The molecule has 1 aromatic carbocycles. The molecule has 0 fully saturated rings. The van der Waals surface area contributed by atoms with E-state index in [2.05, 4.69) is 25.3 Å². The van der Waals surface area contributed by atoms with Gasteiger partial charge in [-0.3, -0.25) is 4.79 Å². The lowest BCUT2D eigenvalue weighted by atomic mass is 9.80. The number of aromatic nitrogens is 2. The summed E-state index contributed by atoms with van der Waals surface area (Å²) >= 11 is 0. The van der Waals surface area contributed by atoms with Crippen molar-refractivity contribution in [1.82, 2.24) is 15.3 Å². The van der Waals surface area contributed by atoms with Crippen LogP contribution >= 0.6 is 0 Å². The number of nitrogens with zero attached hydrogens (tertiary/aromatic N) is 2. The number of ether oxygens (including phenoxy) is 2. The van der Waals surface area contributed by atoms with Gasteiger partial charge in [-0.05, 0) is 56.5 Å². The molecule has 1 atom stereocenters. The Morgan fingerprint density at radius 2 is 1.94 bits per heavy atom. The van der Waals surface area contributed by atoms with Gasteiger partial charge in [-0.1, -0.05) is 18.2 Å². The largest absolute Gasteiger partial charge is 0.573 e. The average molecular weight is 476 g/mol. The lowest BCUT2D eigenvalue weighted by Gasteiger charge is -2.27. The van der Waals surface area contributed by atoms with Gasteiger partial charge < -0.3 is 20.1 Å². The van der Waals surface area contributed by atoms with Crippen LogP contribution in [0, 0.1) is 12.3 Å².